The van der Waals surface area contributed by atoms with Gasteiger partial charge in [-0.1, -0.05) is 19.8 Å². The van der Waals surface area contributed by atoms with E-state index in [9.17, 15) is 9.59 Å². The molecule has 5 nitrogen and oxygen atoms in total. The van der Waals surface area contributed by atoms with E-state index in [-0.39, 0.29) is 24.3 Å². The highest BCUT2D eigenvalue weighted by molar-refractivity contribution is 5.79. The zero-order valence-electron chi connectivity index (χ0n) is 11.1. The molecular formula is C13H21N3O2. The molecule has 2 amide bonds. The average molecular weight is 251 g/mol. The first kappa shape index (κ1) is 14.5. The number of carbonyl (C=O) groups is 2. The van der Waals surface area contributed by atoms with E-state index in [0.717, 1.165) is 13.1 Å². The quantitative estimate of drug-likeness (QED) is 0.688. The molecule has 0 atom stereocenters. The maximum absolute atomic E-state index is 11.8. The summed E-state index contributed by atoms with van der Waals surface area (Å²) in [7, 11) is 0. The van der Waals surface area contributed by atoms with E-state index in [1.165, 1.54) is 0 Å². The first-order valence-electron chi connectivity index (χ1n) is 6.26. The van der Waals surface area contributed by atoms with Gasteiger partial charge in [-0.15, -0.1) is 6.42 Å². The standard InChI is InChI=1S/C13H21N3O2/c1-4-5-14-12(17)10-15-6-8-16(9-7-15)13(18)11(2)3/h1,11H,5-10H2,2-3H3,(H,14,17). The lowest BCUT2D eigenvalue weighted by Crippen LogP contribution is -2.51. The monoisotopic (exact) mass is 251 g/mol. The molecule has 1 aliphatic rings. The predicted octanol–water partition coefficient (Wildman–Crippen LogP) is -0.464. The van der Waals surface area contributed by atoms with E-state index in [2.05, 4.69) is 11.2 Å². The molecule has 0 unspecified atom stereocenters. The summed E-state index contributed by atoms with van der Waals surface area (Å²) in [4.78, 5) is 27.1. The van der Waals surface area contributed by atoms with Gasteiger partial charge in [0, 0.05) is 32.1 Å². The number of carbonyl (C=O) groups excluding carboxylic acids is 2. The Labute approximate surface area is 109 Å². The van der Waals surface area contributed by atoms with Crippen LogP contribution in [0.25, 0.3) is 0 Å². The van der Waals surface area contributed by atoms with Crippen molar-refractivity contribution in [2.45, 2.75) is 13.8 Å². The van der Waals surface area contributed by atoms with Crippen molar-refractivity contribution in [3.05, 3.63) is 0 Å². The Morgan fingerprint density at radius 1 is 1.28 bits per heavy atom. The summed E-state index contributed by atoms with van der Waals surface area (Å²) in [6, 6.07) is 0. The van der Waals surface area contributed by atoms with Crippen LogP contribution in [0.1, 0.15) is 13.8 Å². The second kappa shape index (κ2) is 7.02. The normalized spacial score (nSPS) is 16.4. The van der Waals surface area contributed by atoms with E-state index in [1.54, 1.807) is 0 Å². The number of piperazine rings is 1. The molecule has 0 aliphatic carbocycles. The first-order chi connectivity index (χ1) is 8.54. The molecule has 0 spiro atoms. The van der Waals surface area contributed by atoms with Crippen LogP contribution in [0.15, 0.2) is 0 Å². The first-order valence-corrected chi connectivity index (χ1v) is 6.26. The summed E-state index contributed by atoms with van der Waals surface area (Å²) < 4.78 is 0. The lowest BCUT2D eigenvalue weighted by atomic mass is 10.1. The Bertz CT molecular complexity index is 339. The molecule has 1 aliphatic heterocycles. The Morgan fingerprint density at radius 2 is 1.89 bits per heavy atom. The van der Waals surface area contributed by atoms with Gasteiger partial charge in [-0.3, -0.25) is 14.5 Å². The molecule has 0 saturated carbocycles. The number of hydrogen-bond acceptors (Lipinski definition) is 3. The van der Waals surface area contributed by atoms with E-state index in [0.29, 0.717) is 19.6 Å². The Balaban J connectivity index is 2.29. The molecule has 0 radical (unpaired) electrons. The molecule has 18 heavy (non-hydrogen) atoms. The minimum atomic E-state index is -0.0587. The highest BCUT2D eigenvalue weighted by atomic mass is 16.2. The van der Waals surface area contributed by atoms with Crippen molar-refractivity contribution in [2.24, 2.45) is 5.92 Å². The maximum Gasteiger partial charge on any atom is 0.234 e. The molecule has 1 rings (SSSR count). The topological polar surface area (TPSA) is 52.7 Å². The Hall–Kier alpha value is -1.54. The van der Waals surface area contributed by atoms with Crippen molar-refractivity contribution < 1.29 is 9.59 Å². The summed E-state index contributed by atoms with van der Waals surface area (Å²) >= 11 is 0. The van der Waals surface area contributed by atoms with Crippen LogP contribution in [0.3, 0.4) is 0 Å². The van der Waals surface area contributed by atoms with Gasteiger partial charge in [0.1, 0.15) is 0 Å². The number of terminal acetylenes is 1. The minimum absolute atomic E-state index is 0.0375. The second-order valence-electron chi connectivity index (χ2n) is 4.74. The van der Waals surface area contributed by atoms with Crippen molar-refractivity contribution in [3.8, 4) is 12.3 Å². The van der Waals surface area contributed by atoms with Crippen molar-refractivity contribution in [3.63, 3.8) is 0 Å². The molecule has 1 heterocycles. The molecule has 1 N–H and O–H groups in total. The van der Waals surface area contributed by atoms with E-state index in [4.69, 9.17) is 6.42 Å². The van der Waals surface area contributed by atoms with Gasteiger partial charge in [0.15, 0.2) is 0 Å². The number of nitrogens with zero attached hydrogens (tertiary/aromatic N) is 2. The average Bonchev–Trinajstić information content (AvgIpc) is 2.36. The predicted molar refractivity (Wildman–Crippen MR) is 69.7 cm³/mol. The Kier molecular flexibility index (Phi) is 5.66. The fourth-order valence-electron chi connectivity index (χ4n) is 1.90. The summed E-state index contributed by atoms with van der Waals surface area (Å²) in [5, 5.41) is 2.63. The van der Waals surface area contributed by atoms with Crippen LogP contribution in [-0.2, 0) is 9.59 Å². The van der Waals surface area contributed by atoms with Crippen molar-refractivity contribution in [2.75, 3.05) is 39.3 Å². The molecule has 0 aromatic heterocycles. The fraction of sp³-hybridized carbons (Fsp3) is 0.692. The van der Waals surface area contributed by atoms with Gasteiger partial charge < -0.3 is 10.2 Å². The van der Waals surface area contributed by atoms with Gasteiger partial charge in [-0.05, 0) is 0 Å². The van der Waals surface area contributed by atoms with E-state index >= 15 is 0 Å². The van der Waals surface area contributed by atoms with Crippen molar-refractivity contribution in [1.29, 1.82) is 0 Å². The van der Waals surface area contributed by atoms with Crippen LogP contribution in [0.5, 0.6) is 0 Å². The summed E-state index contributed by atoms with van der Waals surface area (Å²) in [5.74, 6) is 2.53. The number of hydrogen-bond donors (Lipinski definition) is 1. The summed E-state index contributed by atoms with van der Waals surface area (Å²) in [6.45, 7) is 7.29. The zero-order valence-corrected chi connectivity index (χ0v) is 11.1. The number of nitrogens with one attached hydrogen (secondary N) is 1. The molecule has 1 saturated heterocycles. The van der Waals surface area contributed by atoms with Crippen LogP contribution >= 0.6 is 0 Å². The fourth-order valence-corrected chi connectivity index (χ4v) is 1.90. The maximum atomic E-state index is 11.8. The Morgan fingerprint density at radius 3 is 2.39 bits per heavy atom. The van der Waals surface area contributed by atoms with E-state index < -0.39 is 0 Å². The van der Waals surface area contributed by atoms with Crippen LogP contribution in [0.4, 0.5) is 0 Å². The summed E-state index contributed by atoms with van der Waals surface area (Å²) in [5.41, 5.74) is 0. The van der Waals surface area contributed by atoms with Crippen LogP contribution < -0.4 is 5.32 Å². The van der Waals surface area contributed by atoms with Crippen LogP contribution in [-0.4, -0.2) is 60.9 Å². The highest BCUT2D eigenvalue weighted by Gasteiger charge is 2.23. The van der Waals surface area contributed by atoms with Gasteiger partial charge in [-0.2, -0.15) is 0 Å². The van der Waals surface area contributed by atoms with Crippen LogP contribution in [0.2, 0.25) is 0 Å². The van der Waals surface area contributed by atoms with Gasteiger partial charge >= 0.3 is 0 Å². The van der Waals surface area contributed by atoms with Crippen LogP contribution in [0, 0.1) is 18.3 Å². The van der Waals surface area contributed by atoms with Gasteiger partial charge in [0.05, 0.1) is 13.1 Å². The number of rotatable bonds is 4. The molecule has 0 aromatic rings. The molecule has 0 bridgehead atoms. The molecular weight excluding hydrogens is 230 g/mol. The number of amides is 2. The molecule has 100 valence electrons. The van der Waals surface area contributed by atoms with Crippen molar-refractivity contribution in [1.82, 2.24) is 15.1 Å². The lowest BCUT2D eigenvalue weighted by molar-refractivity contribution is -0.136. The highest BCUT2D eigenvalue weighted by Crippen LogP contribution is 2.06. The summed E-state index contributed by atoms with van der Waals surface area (Å²) in [6.07, 6.45) is 5.07. The van der Waals surface area contributed by atoms with Gasteiger partial charge in [0.2, 0.25) is 11.8 Å². The largest absolute Gasteiger partial charge is 0.344 e. The lowest BCUT2D eigenvalue weighted by Gasteiger charge is -2.35. The second-order valence-corrected chi connectivity index (χ2v) is 4.74. The molecule has 1 fully saturated rings. The zero-order chi connectivity index (χ0) is 13.5. The third kappa shape index (κ3) is 4.38. The molecule has 5 heteroatoms. The SMILES string of the molecule is C#CCNC(=O)CN1CCN(C(=O)C(C)C)CC1. The molecule has 0 aromatic carbocycles. The third-order valence-electron chi connectivity index (χ3n) is 2.93. The minimum Gasteiger partial charge on any atom is -0.344 e. The third-order valence-corrected chi connectivity index (χ3v) is 2.93. The van der Waals surface area contributed by atoms with E-state index in [1.807, 2.05) is 23.6 Å². The van der Waals surface area contributed by atoms with Gasteiger partial charge in [0.25, 0.3) is 0 Å². The van der Waals surface area contributed by atoms with Crippen molar-refractivity contribution >= 4 is 11.8 Å². The van der Waals surface area contributed by atoms with Gasteiger partial charge in [-0.25, -0.2) is 0 Å². The smallest absolute Gasteiger partial charge is 0.234 e.